The van der Waals surface area contributed by atoms with Crippen LogP contribution in [0.1, 0.15) is 38.5 Å². The molecule has 5 heteroatoms. The molecule has 1 aliphatic heterocycles. The van der Waals surface area contributed by atoms with Crippen molar-refractivity contribution in [3.63, 3.8) is 0 Å². The average Bonchev–Trinajstić information content (AvgIpc) is 2.47. The molecule has 3 rings (SSSR count). The van der Waals surface area contributed by atoms with Gasteiger partial charge in [0, 0.05) is 12.6 Å². The first-order chi connectivity index (χ1) is 9.60. The summed E-state index contributed by atoms with van der Waals surface area (Å²) in [6, 6.07) is 6.95. The standard InChI is InChI=1S/C15H20ClNO2S/c16-13-8-2-4-10-15(13)20(18,19)17-11-5-7-12-6-1-3-9-14(12)17/h2,4,8,10,12,14H,1,3,5-7,9,11H2. The number of rotatable bonds is 2. The molecule has 2 unspecified atom stereocenters. The SMILES string of the molecule is O=S(=O)(c1ccccc1Cl)N1CCCC2CCCCC21. The van der Waals surface area contributed by atoms with E-state index in [1.54, 1.807) is 28.6 Å². The van der Waals surface area contributed by atoms with Gasteiger partial charge in [0.1, 0.15) is 4.90 Å². The fourth-order valence-corrected chi connectivity index (χ4v) is 5.91. The Balaban J connectivity index is 1.96. The molecular weight excluding hydrogens is 294 g/mol. The molecule has 0 spiro atoms. The summed E-state index contributed by atoms with van der Waals surface area (Å²) < 4.78 is 27.5. The molecule has 1 aliphatic carbocycles. The highest BCUT2D eigenvalue weighted by Gasteiger charge is 2.40. The first-order valence-electron chi connectivity index (χ1n) is 7.37. The number of fused-ring (bicyclic) bond motifs is 1. The Bertz CT molecular complexity index is 585. The summed E-state index contributed by atoms with van der Waals surface area (Å²) in [6.07, 6.45) is 6.66. The Morgan fingerprint density at radius 2 is 1.75 bits per heavy atom. The molecule has 1 saturated carbocycles. The molecule has 1 saturated heterocycles. The highest BCUT2D eigenvalue weighted by Crippen LogP contribution is 2.38. The molecule has 0 bridgehead atoms. The summed E-state index contributed by atoms with van der Waals surface area (Å²) in [6.45, 7) is 0.634. The topological polar surface area (TPSA) is 37.4 Å². The van der Waals surface area contributed by atoms with Gasteiger partial charge in [-0.1, -0.05) is 36.6 Å². The quantitative estimate of drug-likeness (QED) is 0.835. The van der Waals surface area contributed by atoms with Crippen LogP contribution in [0.25, 0.3) is 0 Å². The van der Waals surface area contributed by atoms with E-state index in [2.05, 4.69) is 0 Å². The minimum Gasteiger partial charge on any atom is -0.207 e. The van der Waals surface area contributed by atoms with Crippen LogP contribution in [0.4, 0.5) is 0 Å². The van der Waals surface area contributed by atoms with Gasteiger partial charge in [-0.3, -0.25) is 0 Å². The number of hydrogen-bond donors (Lipinski definition) is 0. The number of halogens is 1. The molecule has 3 nitrogen and oxygen atoms in total. The predicted molar refractivity (Wildman–Crippen MR) is 80.3 cm³/mol. The van der Waals surface area contributed by atoms with Crippen LogP contribution < -0.4 is 0 Å². The van der Waals surface area contributed by atoms with E-state index in [0.29, 0.717) is 17.5 Å². The van der Waals surface area contributed by atoms with Gasteiger partial charge < -0.3 is 0 Å². The lowest BCUT2D eigenvalue weighted by molar-refractivity contribution is 0.129. The number of sulfonamides is 1. The van der Waals surface area contributed by atoms with Crippen LogP contribution in [-0.4, -0.2) is 25.3 Å². The van der Waals surface area contributed by atoms with Crippen molar-refractivity contribution in [2.24, 2.45) is 5.92 Å². The lowest BCUT2D eigenvalue weighted by atomic mass is 9.79. The molecule has 0 radical (unpaired) electrons. The van der Waals surface area contributed by atoms with Crippen LogP contribution in [0.15, 0.2) is 29.2 Å². The molecule has 2 fully saturated rings. The Hall–Kier alpha value is -0.580. The third kappa shape index (κ3) is 2.49. The maximum Gasteiger partial charge on any atom is 0.244 e. The van der Waals surface area contributed by atoms with Crippen molar-refractivity contribution in [1.82, 2.24) is 4.31 Å². The highest BCUT2D eigenvalue weighted by molar-refractivity contribution is 7.89. The Labute approximate surface area is 126 Å². The Morgan fingerprint density at radius 3 is 2.55 bits per heavy atom. The van der Waals surface area contributed by atoms with Crippen molar-refractivity contribution in [3.05, 3.63) is 29.3 Å². The van der Waals surface area contributed by atoms with E-state index in [1.165, 1.54) is 19.3 Å². The number of piperidine rings is 1. The lowest BCUT2D eigenvalue weighted by Crippen LogP contribution is -2.49. The third-order valence-electron chi connectivity index (χ3n) is 4.62. The van der Waals surface area contributed by atoms with E-state index in [9.17, 15) is 8.42 Å². The second-order valence-electron chi connectivity index (χ2n) is 5.80. The highest BCUT2D eigenvalue weighted by atomic mass is 35.5. The second-order valence-corrected chi connectivity index (χ2v) is 8.07. The van der Waals surface area contributed by atoms with Crippen molar-refractivity contribution in [2.75, 3.05) is 6.54 Å². The first kappa shape index (κ1) is 14.4. The second kappa shape index (κ2) is 5.66. The zero-order valence-corrected chi connectivity index (χ0v) is 13.0. The van der Waals surface area contributed by atoms with E-state index in [1.807, 2.05) is 0 Å². The summed E-state index contributed by atoms with van der Waals surface area (Å²) in [5, 5.41) is 0.324. The van der Waals surface area contributed by atoms with Gasteiger partial charge in [0.15, 0.2) is 0 Å². The molecule has 2 atom stereocenters. The Morgan fingerprint density at radius 1 is 1.05 bits per heavy atom. The number of hydrogen-bond acceptors (Lipinski definition) is 2. The van der Waals surface area contributed by atoms with Gasteiger partial charge in [0.05, 0.1) is 5.02 Å². The van der Waals surface area contributed by atoms with Crippen molar-refractivity contribution in [2.45, 2.75) is 49.5 Å². The molecule has 20 heavy (non-hydrogen) atoms. The zero-order chi connectivity index (χ0) is 14.2. The molecule has 1 aromatic carbocycles. The van der Waals surface area contributed by atoms with Crippen molar-refractivity contribution in [3.8, 4) is 0 Å². The fourth-order valence-electron chi connectivity index (χ4n) is 3.66. The molecule has 0 aromatic heterocycles. The summed E-state index contributed by atoms with van der Waals surface area (Å²) in [4.78, 5) is 0.257. The van der Waals surface area contributed by atoms with Gasteiger partial charge >= 0.3 is 0 Å². The maximum atomic E-state index is 12.9. The van der Waals surface area contributed by atoms with Gasteiger partial charge in [0.2, 0.25) is 10.0 Å². The van der Waals surface area contributed by atoms with Gasteiger partial charge in [-0.25, -0.2) is 8.42 Å². The van der Waals surface area contributed by atoms with Crippen molar-refractivity contribution < 1.29 is 8.42 Å². The number of nitrogens with zero attached hydrogens (tertiary/aromatic N) is 1. The number of benzene rings is 1. The van der Waals surface area contributed by atoms with Crippen LogP contribution in [0.5, 0.6) is 0 Å². The van der Waals surface area contributed by atoms with E-state index in [0.717, 1.165) is 19.3 Å². The van der Waals surface area contributed by atoms with Crippen molar-refractivity contribution >= 4 is 21.6 Å². The zero-order valence-electron chi connectivity index (χ0n) is 11.5. The monoisotopic (exact) mass is 313 g/mol. The first-order valence-corrected chi connectivity index (χ1v) is 9.19. The third-order valence-corrected chi connectivity index (χ3v) is 7.04. The normalized spacial score (nSPS) is 28.1. The van der Waals surface area contributed by atoms with Gasteiger partial charge in [-0.15, -0.1) is 0 Å². The van der Waals surface area contributed by atoms with Crippen LogP contribution in [0.3, 0.4) is 0 Å². The smallest absolute Gasteiger partial charge is 0.207 e. The molecule has 0 amide bonds. The maximum absolute atomic E-state index is 12.9. The molecule has 0 N–H and O–H groups in total. The van der Waals surface area contributed by atoms with Crippen molar-refractivity contribution in [1.29, 1.82) is 0 Å². The van der Waals surface area contributed by atoms with Gasteiger partial charge in [-0.2, -0.15) is 4.31 Å². The fraction of sp³-hybridized carbons (Fsp3) is 0.600. The van der Waals surface area contributed by atoms with E-state index < -0.39 is 10.0 Å². The molecule has 1 aromatic rings. The molecule has 1 heterocycles. The molecular formula is C15H20ClNO2S. The van der Waals surface area contributed by atoms with Gasteiger partial charge in [-0.05, 0) is 43.7 Å². The van der Waals surface area contributed by atoms with Crippen LogP contribution >= 0.6 is 11.6 Å². The lowest BCUT2D eigenvalue weighted by Gasteiger charge is -2.43. The Kier molecular flexibility index (Phi) is 4.07. The summed E-state index contributed by atoms with van der Waals surface area (Å²) in [7, 11) is -3.46. The van der Waals surface area contributed by atoms with Crippen LogP contribution in [0, 0.1) is 5.92 Å². The van der Waals surface area contributed by atoms with Crippen LogP contribution in [-0.2, 0) is 10.0 Å². The summed E-state index contributed by atoms with van der Waals surface area (Å²) in [5.74, 6) is 0.537. The van der Waals surface area contributed by atoms with Gasteiger partial charge in [0.25, 0.3) is 0 Å². The minimum absolute atomic E-state index is 0.179. The molecule has 2 aliphatic rings. The largest absolute Gasteiger partial charge is 0.244 e. The minimum atomic E-state index is -3.46. The van der Waals surface area contributed by atoms with E-state index >= 15 is 0 Å². The summed E-state index contributed by atoms with van der Waals surface area (Å²) in [5.41, 5.74) is 0. The van der Waals surface area contributed by atoms with E-state index in [-0.39, 0.29) is 10.9 Å². The summed E-state index contributed by atoms with van der Waals surface area (Å²) >= 11 is 6.10. The predicted octanol–water partition coefficient (Wildman–Crippen LogP) is 3.68. The van der Waals surface area contributed by atoms with Crippen LogP contribution in [0.2, 0.25) is 5.02 Å². The average molecular weight is 314 g/mol. The van der Waals surface area contributed by atoms with E-state index in [4.69, 9.17) is 11.6 Å². The molecule has 110 valence electrons.